The monoisotopic (exact) mass is 279 g/mol. The third-order valence-electron chi connectivity index (χ3n) is 4.24. The summed E-state index contributed by atoms with van der Waals surface area (Å²) in [5.41, 5.74) is 4.48. The minimum atomic E-state index is 0.152. The molecule has 1 fully saturated rings. The van der Waals surface area contributed by atoms with E-state index in [2.05, 4.69) is 31.2 Å². The predicted octanol–water partition coefficient (Wildman–Crippen LogP) is 4.28. The van der Waals surface area contributed by atoms with Crippen molar-refractivity contribution in [2.45, 2.75) is 32.7 Å². The highest BCUT2D eigenvalue weighted by atomic mass is 16.2. The summed E-state index contributed by atoms with van der Waals surface area (Å²) >= 11 is 0. The van der Waals surface area contributed by atoms with Crippen molar-refractivity contribution in [1.82, 2.24) is 4.90 Å². The van der Waals surface area contributed by atoms with E-state index in [1.54, 1.807) is 0 Å². The molecule has 0 spiro atoms. The van der Waals surface area contributed by atoms with E-state index in [0.29, 0.717) is 0 Å². The van der Waals surface area contributed by atoms with Crippen LogP contribution in [0.5, 0.6) is 0 Å². The molecule has 108 valence electrons. The van der Waals surface area contributed by atoms with E-state index in [1.165, 1.54) is 16.7 Å². The third-order valence-corrected chi connectivity index (χ3v) is 4.24. The highest BCUT2D eigenvalue weighted by Gasteiger charge is 2.30. The Bertz CT molecular complexity index is 645. The number of hydrogen-bond acceptors (Lipinski definition) is 1. The maximum atomic E-state index is 12.8. The van der Waals surface area contributed by atoms with Gasteiger partial charge in [-0.3, -0.25) is 4.79 Å². The summed E-state index contributed by atoms with van der Waals surface area (Å²) in [6, 6.07) is 16.6. The summed E-state index contributed by atoms with van der Waals surface area (Å²) in [4.78, 5) is 14.8. The summed E-state index contributed by atoms with van der Waals surface area (Å²) in [6.45, 7) is 5.00. The fourth-order valence-electron chi connectivity index (χ4n) is 3.10. The van der Waals surface area contributed by atoms with Crippen LogP contribution in [0, 0.1) is 13.8 Å². The van der Waals surface area contributed by atoms with Crippen LogP contribution < -0.4 is 0 Å². The molecule has 1 aliphatic rings. The first-order chi connectivity index (χ1) is 10.1. The van der Waals surface area contributed by atoms with Gasteiger partial charge >= 0.3 is 0 Å². The highest BCUT2D eigenvalue weighted by Crippen LogP contribution is 2.33. The van der Waals surface area contributed by atoms with Crippen LogP contribution in [0.15, 0.2) is 48.5 Å². The smallest absolute Gasteiger partial charge is 0.254 e. The molecule has 0 aliphatic carbocycles. The fraction of sp³-hybridized carbons (Fsp3) is 0.316. The summed E-state index contributed by atoms with van der Waals surface area (Å²) in [5, 5.41) is 0. The number of amides is 1. The number of carbonyl (C=O) groups excluding carboxylic acids is 1. The molecule has 0 bridgehead atoms. The molecule has 2 aromatic rings. The van der Waals surface area contributed by atoms with Gasteiger partial charge in [-0.15, -0.1) is 0 Å². The van der Waals surface area contributed by atoms with Gasteiger partial charge in [-0.05, 0) is 44.4 Å². The molecule has 2 aromatic carbocycles. The molecule has 1 aliphatic heterocycles. The lowest BCUT2D eigenvalue weighted by Gasteiger charge is -2.25. The number of benzene rings is 2. The van der Waals surface area contributed by atoms with Crippen LogP contribution >= 0.6 is 0 Å². The summed E-state index contributed by atoms with van der Waals surface area (Å²) in [5.74, 6) is 0.152. The fourth-order valence-corrected chi connectivity index (χ4v) is 3.10. The van der Waals surface area contributed by atoms with Crippen molar-refractivity contribution in [2.75, 3.05) is 6.54 Å². The topological polar surface area (TPSA) is 20.3 Å². The van der Waals surface area contributed by atoms with Crippen LogP contribution in [-0.4, -0.2) is 17.4 Å². The average molecular weight is 279 g/mol. The van der Waals surface area contributed by atoms with E-state index in [0.717, 1.165) is 24.9 Å². The maximum absolute atomic E-state index is 12.8. The van der Waals surface area contributed by atoms with Crippen molar-refractivity contribution in [1.29, 1.82) is 0 Å². The Kier molecular flexibility index (Phi) is 3.78. The van der Waals surface area contributed by atoms with Gasteiger partial charge in [0.25, 0.3) is 5.91 Å². The standard InChI is InChI=1S/C19H21NO/c1-14-8-10-16(11-9-14)19(21)20-12-4-7-18(20)17-6-3-5-15(2)13-17/h3,5-6,8-11,13,18H,4,7,12H2,1-2H3/t18-/m1/s1. The SMILES string of the molecule is Cc1ccc(C(=O)N2CCC[C@@H]2c2cccc(C)c2)cc1. The van der Waals surface area contributed by atoms with E-state index in [4.69, 9.17) is 0 Å². The van der Waals surface area contributed by atoms with Crippen molar-refractivity contribution in [3.8, 4) is 0 Å². The minimum Gasteiger partial charge on any atom is -0.332 e. The first-order valence-corrected chi connectivity index (χ1v) is 7.59. The van der Waals surface area contributed by atoms with E-state index >= 15 is 0 Å². The number of likely N-dealkylation sites (tertiary alicyclic amines) is 1. The van der Waals surface area contributed by atoms with E-state index in [1.807, 2.05) is 36.1 Å². The van der Waals surface area contributed by atoms with Gasteiger partial charge in [-0.1, -0.05) is 47.5 Å². The van der Waals surface area contributed by atoms with Gasteiger partial charge in [0.05, 0.1) is 6.04 Å². The first kappa shape index (κ1) is 13.9. The van der Waals surface area contributed by atoms with Crippen LogP contribution in [0.3, 0.4) is 0 Å². The lowest BCUT2D eigenvalue weighted by atomic mass is 10.0. The molecule has 2 nitrogen and oxygen atoms in total. The molecule has 2 heteroatoms. The summed E-state index contributed by atoms with van der Waals surface area (Å²) < 4.78 is 0. The lowest BCUT2D eigenvalue weighted by Crippen LogP contribution is -2.30. The van der Waals surface area contributed by atoms with E-state index in [9.17, 15) is 4.79 Å². The Morgan fingerprint density at radius 2 is 1.81 bits per heavy atom. The molecule has 1 atom stereocenters. The molecule has 1 saturated heterocycles. The first-order valence-electron chi connectivity index (χ1n) is 7.59. The van der Waals surface area contributed by atoms with Crippen LogP contribution in [0.2, 0.25) is 0 Å². The number of rotatable bonds is 2. The van der Waals surface area contributed by atoms with Gasteiger partial charge in [-0.25, -0.2) is 0 Å². The third kappa shape index (κ3) is 2.85. The van der Waals surface area contributed by atoms with Gasteiger partial charge in [0.1, 0.15) is 0 Å². The van der Waals surface area contributed by atoms with E-state index < -0.39 is 0 Å². The molecule has 0 radical (unpaired) electrons. The minimum absolute atomic E-state index is 0.152. The zero-order valence-electron chi connectivity index (χ0n) is 12.7. The zero-order chi connectivity index (χ0) is 14.8. The largest absolute Gasteiger partial charge is 0.332 e. The second kappa shape index (κ2) is 5.72. The molecule has 1 heterocycles. The molecular weight excluding hydrogens is 258 g/mol. The number of nitrogens with zero attached hydrogens (tertiary/aromatic N) is 1. The normalized spacial score (nSPS) is 18.0. The molecular formula is C19H21NO. The maximum Gasteiger partial charge on any atom is 0.254 e. The average Bonchev–Trinajstić information content (AvgIpc) is 2.97. The molecule has 0 aromatic heterocycles. The van der Waals surface area contributed by atoms with Crippen molar-refractivity contribution in [2.24, 2.45) is 0 Å². The lowest BCUT2D eigenvalue weighted by molar-refractivity contribution is 0.0735. The molecule has 21 heavy (non-hydrogen) atoms. The van der Waals surface area contributed by atoms with Crippen molar-refractivity contribution >= 4 is 5.91 Å². The van der Waals surface area contributed by atoms with Gasteiger partial charge in [0.15, 0.2) is 0 Å². The Labute approximate surface area is 126 Å². The summed E-state index contributed by atoms with van der Waals surface area (Å²) in [7, 11) is 0. The second-order valence-corrected chi connectivity index (χ2v) is 5.94. The Morgan fingerprint density at radius 1 is 1.05 bits per heavy atom. The number of carbonyl (C=O) groups is 1. The predicted molar refractivity (Wildman–Crippen MR) is 85.4 cm³/mol. The quantitative estimate of drug-likeness (QED) is 0.803. The molecule has 0 N–H and O–H groups in total. The Morgan fingerprint density at radius 3 is 2.52 bits per heavy atom. The second-order valence-electron chi connectivity index (χ2n) is 5.94. The molecule has 1 amide bonds. The van der Waals surface area contributed by atoms with Gasteiger partial charge < -0.3 is 4.90 Å². The van der Waals surface area contributed by atoms with Crippen molar-refractivity contribution in [3.63, 3.8) is 0 Å². The van der Waals surface area contributed by atoms with E-state index in [-0.39, 0.29) is 11.9 Å². The van der Waals surface area contributed by atoms with Gasteiger partial charge in [0.2, 0.25) is 0 Å². The molecule has 0 saturated carbocycles. The zero-order valence-corrected chi connectivity index (χ0v) is 12.7. The van der Waals surface area contributed by atoms with Crippen LogP contribution in [0.25, 0.3) is 0 Å². The number of aryl methyl sites for hydroxylation is 2. The van der Waals surface area contributed by atoms with Crippen LogP contribution in [0.1, 0.15) is 45.9 Å². The summed E-state index contributed by atoms with van der Waals surface area (Å²) in [6.07, 6.45) is 2.14. The molecule has 0 unspecified atom stereocenters. The van der Waals surface area contributed by atoms with Gasteiger partial charge in [0, 0.05) is 12.1 Å². The number of hydrogen-bond donors (Lipinski definition) is 0. The van der Waals surface area contributed by atoms with Crippen LogP contribution in [-0.2, 0) is 0 Å². The molecule has 3 rings (SSSR count). The van der Waals surface area contributed by atoms with Crippen molar-refractivity contribution in [3.05, 3.63) is 70.8 Å². The van der Waals surface area contributed by atoms with Crippen molar-refractivity contribution < 1.29 is 4.79 Å². The highest BCUT2D eigenvalue weighted by molar-refractivity contribution is 5.94. The van der Waals surface area contributed by atoms with Gasteiger partial charge in [-0.2, -0.15) is 0 Å². The Balaban J connectivity index is 1.87. The Hall–Kier alpha value is -2.09. The van der Waals surface area contributed by atoms with Crippen LogP contribution in [0.4, 0.5) is 0 Å².